The van der Waals surface area contributed by atoms with Crippen LogP contribution in [-0.2, 0) is 14.3 Å². The van der Waals surface area contributed by atoms with Crippen LogP contribution in [0.2, 0.25) is 0 Å². The summed E-state index contributed by atoms with van der Waals surface area (Å²) in [5.74, 6) is -0.339. The van der Waals surface area contributed by atoms with E-state index < -0.39 is 5.54 Å². The van der Waals surface area contributed by atoms with Crippen LogP contribution in [0.5, 0.6) is 0 Å². The van der Waals surface area contributed by atoms with E-state index in [1.807, 2.05) is 0 Å². The van der Waals surface area contributed by atoms with Crippen molar-refractivity contribution in [3.05, 3.63) is 0 Å². The Morgan fingerprint density at radius 1 is 1.28 bits per heavy atom. The lowest BCUT2D eigenvalue weighted by Gasteiger charge is -2.23. The molecule has 0 fully saturated rings. The fourth-order valence-electron chi connectivity index (χ4n) is 1.81. The molecule has 0 saturated heterocycles. The van der Waals surface area contributed by atoms with Gasteiger partial charge < -0.3 is 20.1 Å². The van der Waals surface area contributed by atoms with Crippen LogP contribution in [0.15, 0.2) is 0 Å². The van der Waals surface area contributed by atoms with Crippen LogP contribution in [0.25, 0.3) is 0 Å². The standard InChI is InChI=1S/C13H28N2O3/c1-5-15(10-11-17-3)9-7-6-8-13(2,14)12(16)18-4/h5-11,14H2,1-4H3. The van der Waals surface area contributed by atoms with Crippen LogP contribution in [0.3, 0.4) is 0 Å². The van der Waals surface area contributed by atoms with Crippen LogP contribution in [-0.4, -0.2) is 56.9 Å². The molecule has 1 atom stereocenters. The molecule has 0 aliphatic heterocycles. The molecule has 2 N–H and O–H groups in total. The first-order valence-electron chi connectivity index (χ1n) is 6.56. The van der Waals surface area contributed by atoms with Gasteiger partial charge in [0.2, 0.25) is 0 Å². The number of hydrogen-bond donors (Lipinski definition) is 1. The summed E-state index contributed by atoms with van der Waals surface area (Å²) >= 11 is 0. The summed E-state index contributed by atoms with van der Waals surface area (Å²) in [4.78, 5) is 13.7. The second-order valence-corrected chi connectivity index (χ2v) is 4.79. The number of rotatable bonds is 10. The van der Waals surface area contributed by atoms with E-state index in [4.69, 9.17) is 10.5 Å². The number of unbranched alkanes of at least 4 members (excludes halogenated alkanes) is 1. The van der Waals surface area contributed by atoms with Gasteiger partial charge in [-0.3, -0.25) is 4.79 Å². The number of methoxy groups -OCH3 is 2. The quantitative estimate of drug-likeness (QED) is 0.469. The van der Waals surface area contributed by atoms with Gasteiger partial charge in [0.25, 0.3) is 0 Å². The highest BCUT2D eigenvalue weighted by atomic mass is 16.5. The zero-order valence-corrected chi connectivity index (χ0v) is 12.2. The van der Waals surface area contributed by atoms with Gasteiger partial charge >= 0.3 is 5.97 Å². The van der Waals surface area contributed by atoms with Crippen molar-refractivity contribution in [3.8, 4) is 0 Å². The normalized spacial score (nSPS) is 14.6. The van der Waals surface area contributed by atoms with E-state index in [1.54, 1.807) is 14.0 Å². The van der Waals surface area contributed by atoms with Crippen molar-refractivity contribution in [3.63, 3.8) is 0 Å². The number of carbonyl (C=O) groups is 1. The SMILES string of the molecule is CCN(CCCCC(C)(N)C(=O)OC)CCOC. The molecule has 0 aromatic carbocycles. The van der Waals surface area contributed by atoms with Gasteiger partial charge in [-0.1, -0.05) is 6.92 Å². The van der Waals surface area contributed by atoms with Crippen molar-refractivity contribution in [2.45, 2.75) is 38.6 Å². The number of hydrogen-bond acceptors (Lipinski definition) is 5. The van der Waals surface area contributed by atoms with Gasteiger partial charge in [0.05, 0.1) is 13.7 Å². The van der Waals surface area contributed by atoms with Gasteiger partial charge in [0, 0.05) is 13.7 Å². The van der Waals surface area contributed by atoms with E-state index >= 15 is 0 Å². The maximum atomic E-state index is 11.4. The van der Waals surface area contributed by atoms with Gasteiger partial charge in [-0.25, -0.2) is 0 Å². The molecule has 0 aliphatic carbocycles. The van der Waals surface area contributed by atoms with Crippen LogP contribution < -0.4 is 5.73 Å². The summed E-state index contributed by atoms with van der Waals surface area (Å²) < 4.78 is 9.73. The van der Waals surface area contributed by atoms with Crippen molar-refractivity contribution in [2.75, 3.05) is 40.5 Å². The third-order valence-corrected chi connectivity index (χ3v) is 3.13. The van der Waals surface area contributed by atoms with Crippen molar-refractivity contribution in [1.82, 2.24) is 4.90 Å². The zero-order valence-electron chi connectivity index (χ0n) is 12.2. The van der Waals surface area contributed by atoms with Crippen molar-refractivity contribution in [1.29, 1.82) is 0 Å². The van der Waals surface area contributed by atoms with Crippen LogP contribution in [0, 0.1) is 0 Å². The first-order chi connectivity index (χ1) is 8.47. The minimum absolute atomic E-state index is 0.339. The van der Waals surface area contributed by atoms with Crippen LogP contribution in [0.4, 0.5) is 0 Å². The van der Waals surface area contributed by atoms with Crippen molar-refractivity contribution in [2.24, 2.45) is 5.73 Å². The lowest BCUT2D eigenvalue weighted by molar-refractivity contribution is -0.146. The minimum Gasteiger partial charge on any atom is -0.468 e. The molecule has 0 aliphatic rings. The number of likely N-dealkylation sites (N-methyl/N-ethyl adjacent to an activating group) is 1. The van der Waals surface area contributed by atoms with E-state index in [-0.39, 0.29) is 5.97 Å². The summed E-state index contributed by atoms with van der Waals surface area (Å²) in [6, 6.07) is 0. The molecule has 5 nitrogen and oxygen atoms in total. The summed E-state index contributed by atoms with van der Waals surface area (Å²) in [6.45, 7) is 7.59. The maximum Gasteiger partial charge on any atom is 0.325 e. The molecule has 0 bridgehead atoms. The van der Waals surface area contributed by atoms with Crippen molar-refractivity contribution >= 4 is 5.97 Å². The van der Waals surface area contributed by atoms with Crippen LogP contribution in [0.1, 0.15) is 33.1 Å². The maximum absolute atomic E-state index is 11.4. The van der Waals surface area contributed by atoms with E-state index in [0.29, 0.717) is 6.42 Å². The largest absolute Gasteiger partial charge is 0.468 e. The monoisotopic (exact) mass is 260 g/mol. The smallest absolute Gasteiger partial charge is 0.325 e. The number of ether oxygens (including phenoxy) is 2. The third kappa shape index (κ3) is 6.93. The fraction of sp³-hybridized carbons (Fsp3) is 0.923. The Bertz CT molecular complexity index is 232. The van der Waals surface area contributed by atoms with Crippen LogP contribution >= 0.6 is 0 Å². The van der Waals surface area contributed by atoms with Gasteiger partial charge in [-0.05, 0) is 39.3 Å². The summed E-state index contributed by atoms with van der Waals surface area (Å²) in [7, 11) is 3.08. The predicted molar refractivity (Wildman–Crippen MR) is 72.4 cm³/mol. The average molecular weight is 260 g/mol. The Kier molecular flexibility index (Phi) is 8.97. The predicted octanol–water partition coefficient (Wildman–Crippen LogP) is 1.02. The number of esters is 1. The second-order valence-electron chi connectivity index (χ2n) is 4.79. The van der Waals surface area contributed by atoms with Crippen molar-refractivity contribution < 1.29 is 14.3 Å². The molecule has 0 rings (SSSR count). The molecular weight excluding hydrogens is 232 g/mol. The summed E-state index contributed by atoms with van der Waals surface area (Å²) in [6.07, 6.45) is 2.61. The molecule has 0 aromatic heterocycles. The molecule has 0 radical (unpaired) electrons. The third-order valence-electron chi connectivity index (χ3n) is 3.13. The molecule has 0 heterocycles. The molecule has 1 unspecified atom stereocenters. The lowest BCUT2D eigenvalue weighted by Crippen LogP contribution is -2.45. The minimum atomic E-state index is -0.863. The Balaban J connectivity index is 3.80. The molecule has 0 saturated carbocycles. The molecule has 5 heteroatoms. The fourth-order valence-corrected chi connectivity index (χ4v) is 1.81. The van der Waals surface area contributed by atoms with E-state index in [1.165, 1.54) is 7.11 Å². The van der Waals surface area contributed by atoms with E-state index in [0.717, 1.165) is 39.1 Å². The lowest BCUT2D eigenvalue weighted by atomic mass is 9.96. The van der Waals surface area contributed by atoms with E-state index in [2.05, 4.69) is 16.6 Å². The average Bonchev–Trinajstić information content (AvgIpc) is 2.36. The molecular formula is C13H28N2O3. The molecule has 18 heavy (non-hydrogen) atoms. The highest BCUT2D eigenvalue weighted by Gasteiger charge is 2.28. The number of nitrogens with zero attached hydrogens (tertiary/aromatic N) is 1. The highest BCUT2D eigenvalue weighted by molar-refractivity contribution is 5.79. The molecule has 0 aromatic rings. The topological polar surface area (TPSA) is 64.8 Å². The summed E-state index contributed by atoms with van der Waals surface area (Å²) in [5, 5.41) is 0. The first-order valence-corrected chi connectivity index (χ1v) is 6.56. The van der Waals surface area contributed by atoms with Gasteiger partial charge in [0.15, 0.2) is 0 Å². The Hall–Kier alpha value is -0.650. The number of nitrogens with two attached hydrogens (primary N) is 1. The van der Waals surface area contributed by atoms with Gasteiger partial charge in [-0.2, -0.15) is 0 Å². The summed E-state index contributed by atoms with van der Waals surface area (Å²) in [5.41, 5.74) is 5.03. The van der Waals surface area contributed by atoms with E-state index in [9.17, 15) is 4.79 Å². The first kappa shape index (κ1) is 17.4. The molecule has 108 valence electrons. The zero-order chi connectivity index (χ0) is 14.0. The Morgan fingerprint density at radius 3 is 2.44 bits per heavy atom. The second kappa shape index (κ2) is 9.30. The highest BCUT2D eigenvalue weighted by Crippen LogP contribution is 2.12. The Labute approximate surface area is 111 Å². The molecule has 0 amide bonds. The van der Waals surface area contributed by atoms with Gasteiger partial charge in [0.1, 0.15) is 5.54 Å². The van der Waals surface area contributed by atoms with Gasteiger partial charge in [-0.15, -0.1) is 0 Å². The Morgan fingerprint density at radius 2 is 1.94 bits per heavy atom. The number of carbonyl (C=O) groups excluding carboxylic acids is 1. The molecule has 0 spiro atoms.